The molecule has 1 saturated carbocycles. The molecule has 8 nitrogen and oxygen atoms in total. The van der Waals surface area contributed by atoms with Crippen molar-refractivity contribution in [2.24, 2.45) is 4.99 Å². The van der Waals surface area contributed by atoms with Gasteiger partial charge in [-0.05, 0) is 12.8 Å². The highest BCUT2D eigenvalue weighted by Crippen LogP contribution is 2.18. The fraction of sp³-hybridized carbons (Fsp3) is 0.722. The van der Waals surface area contributed by atoms with E-state index in [4.69, 9.17) is 4.52 Å². The quantitative estimate of drug-likeness (QED) is 0.382. The van der Waals surface area contributed by atoms with Crippen LogP contribution < -0.4 is 5.32 Å². The second-order valence-corrected chi connectivity index (χ2v) is 7.31. The predicted molar refractivity (Wildman–Crippen MR) is 115 cm³/mol. The summed E-state index contributed by atoms with van der Waals surface area (Å²) in [7, 11) is 3.54. The van der Waals surface area contributed by atoms with E-state index in [-0.39, 0.29) is 36.4 Å². The Labute approximate surface area is 178 Å². The van der Waals surface area contributed by atoms with Crippen LogP contribution in [0.3, 0.4) is 0 Å². The number of aromatic nitrogens is 1. The molecule has 152 valence electrons. The number of likely N-dealkylation sites (N-methyl/N-ethyl adjacent to an activating group) is 1. The normalized spacial score (nSPS) is 19.0. The van der Waals surface area contributed by atoms with Gasteiger partial charge < -0.3 is 19.6 Å². The Hall–Kier alpha value is -1.36. The summed E-state index contributed by atoms with van der Waals surface area (Å²) in [5, 5.41) is 7.59. The van der Waals surface area contributed by atoms with Gasteiger partial charge in [0, 0.05) is 58.9 Å². The van der Waals surface area contributed by atoms with Crippen molar-refractivity contribution in [3.63, 3.8) is 0 Å². The molecule has 0 radical (unpaired) electrons. The maximum atomic E-state index is 11.9. The molecule has 1 aliphatic carbocycles. The van der Waals surface area contributed by atoms with Gasteiger partial charge in [-0.2, -0.15) is 0 Å². The molecule has 2 heterocycles. The number of hydrogen-bond donors (Lipinski definition) is 1. The number of aliphatic imine (C=N–C) groups is 1. The van der Waals surface area contributed by atoms with E-state index >= 15 is 0 Å². The first kappa shape index (κ1) is 21.9. The fourth-order valence-electron chi connectivity index (χ4n) is 3.44. The molecule has 0 bridgehead atoms. The van der Waals surface area contributed by atoms with E-state index in [1.165, 1.54) is 25.7 Å². The van der Waals surface area contributed by atoms with Crippen molar-refractivity contribution in [3.05, 3.63) is 18.0 Å². The van der Waals surface area contributed by atoms with Crippen LogP contribution in [0, 0.1) is 0 Å². The van der Waals surface area contributed by atoms with E-state index in [2.05, 4.69) is 25.3 Å². The average Bonchev–Trinajstić information content (AvgIpc) is 3.33. The third kappa shape index (κ3) is 6.63. The molecule has 1 amide bonds. The molecule has 0 spiro atoms. The molecule has 1 aliphatic heterocycles. The van der Waals surface area contributed by atoms with Crippen LogP contribution in [0.4, 0.5) is 0 Å². The molecule has 2 aliphatic rings. The lowest BCUT2D eigenvalue weighted by Crippen LogP contribution is -2.54. The highest BCUT2D eigenvalue weighted by atomic mass is 127. The molecular formula is C18H31IN6O2. The third-order valence-electron chi connectivity index (χ3n) is 5.10. The lowest BCUT2D eigenvalue weighted by Gasteiger charge is -2.37. The largest absolute Gasteiger partial charge is 0.364 e. The maximum Gasteiger partial charge on any atom is 0.243 e. The van der Waals surface area contributed by atoms with Gasteiger partial charge in [0.2, 0.25) is 5.91 Å². The van der Waals surface area contributed by atoms with Crippen LogP contribution in [0.1, 0.15) is 31.4 Å². The number of amides is 1. The Morgan fingerprint density at radius 1 is 1.30 bits per heavy atom. The van der Waals surface area contributed by atoms with Gasteiger partial charge in [-0.25, -0.2) is 4.99 Å². The lowest BCUT2D eigenvalue weighted by atomic mass is 10.2. The zero-order valence-electron chi connectivity index (χ0n) is 16.3. The molecule has 3 rings (SSSR count). The highest BCUT2D eigenvalue weighted by molar-refractivity contribution is 14.0. The molecule has 1 aromatic rings. The molecule has 2 fully saturated rings. The van der Waals surface area contributed by atoms with Gasteiger partial charge in [-0.3, -0.25) is 9.69 Å². The van der Waals surface area contributed by atoms with Crippen molar-refractivity contribution in [2.75, 3.05) is 46.8 Å². The van der Waals surface area contributed by atoms with Crippen molar-refractivity contribution in [3.8, 4) is 0 Å². The summed E-state index contributed by atoms with van der Waals surface area (Å²) in [5.41, 5.74) is 0.966. The summed E-state index contributed by atoms with van der Waals surface area (Å²) in [4.78, 5) is 22.8. The zero-order valence-corrected chi connectivity index (χ0v) is 18.6. The first-order chi connectivity index (χ1) is 12.6. The lowest BCUT2D eigenvalue weighted by molar-refractivity contribution is -0.127. The Bertz CT molecular complexity index is 593. The number of nitrogens with zero attached hydrogens (tertiary/aromatic N) is 5. The minimum absolute atomic E-state index is 0. The van der Waals surface area contributed by atoms with Crippen LogP contribution >= 0.6 is 24.0 Å². The second-order valence-electron chi connectivity index (χ2n) is 7.31. The summed E-state index contributed by atoms with van der Waals surface area (Å²) in [6, 6.07) is 2.39. The Balaban J connectivity index is 0.00000261. The minimum Gasteiger partial charge on any atom is -0.364 e. The molecule has 0 atom stereocenters. The van der Waals surface area contributed by atoms with E-state index in [9.17, 15) is 4.79 Å². The van der Waals surface area contributed by atoms with E-state index in [1.807, 2.05) is 6.07 Å². The van der Waals surface area contributed by atoms with Gasteiger partial charge in [0.05, 0.1) is 5.69 Å². The third-order valence-corrected chi connectivity index (χ3v) is 5.10. The second kappa shape index (κ2) is 10.8. The number of nitrogens with one attached hydrogen (secondary N) is 1. The van der Waals surface area contributed by atoms with E-state index < -0.39 is 0 Å². The Morgan fingerprint density at radius 2 is 2.00 bits per heavy atom. The minimum atomic E-state index is 0. The Morgan fingerprint density at radius 3 is 2.59 bits per heavy atom. The van der Waals surface area contributed by atoms with Crippen molar-refractivity contribution in [1.82, 2.24) is 25.2 Å². The molecular weight excluding hydrogens is 459 g/mol. The van der Waals surface area contributed by atoms with Gasteiger partial charge in [-0.1, -0.05) is 18.0 Å². The molecule has 1 saturated heterocycles. The van der Waals surface area contributed by atoms with E-state index in [0.717, 1.165) is 44.4 Å². The highest BCUT2D eigenvalue weighted by Gasteiger charge is 2.24. The fourth-order valence-corrected chi connectivity index (χ4v) is 3.44. The van der Waals surface area contributed by atoms with Gasteiger partial charge in [0.15, 0.2) is 5.96 Å². The first-order valence-corrected chi connectivity index (χ1v) is 9.49. The van der Waals surface area contributed by atoms with Crippen molar-refractivity contribution in [1.29, 1.82) is 0 Å². The van der Waals surface area contributed by atoms with Crippen molar-refractivity contribution in [2.45, 2.75) is 38.3 Å². The SMILES string of the molecule is CN(C)C(=O)CN=C(NC1CCCC1)N1CCN(Cc2ccon2)CC1.I. The van der Waals surface area contributed by atoms with Crippen LogP contribution in [0.2, 0.25) is 0 Å². The monoisotopic (exact) mass is 490 g/mol. The van der Waals surface area contributed by atoms with Gasteiger partial charge in [-0.15, -0.1) is 24.0 Å². The number of halogens is 1. The summed E-state index contributed by atoms with van der Waals surface area (Å²) in [6.45, 7) is 4.69. The van der Waals surface area contributed by atoms with Crippen LogP contribution in [-0.4, -0.2) is 84.6 Å². The summed E-state index contributed by atoms with van der Waals surface area (Å²) in [6.07, 6.45) is 6.53. The van der Waals surface area contributed by atoms with Crippen LogP contribution in [-0.2, 0) is 11.3 Å². The molecule has 9 heteroatoms. The van der Waals surface area contributed by atoms with E-state index in [1.54, 1.807) is 25.3 Å². The topological polar surface area (TPSA) is 77.2 Å². The molecule has 1 aromatic heterocycles. The van der Waals surface area contributed by atoms with Crippen LogP contribution in [0.15, 0.2) is 21.8 Å². The molecule has 27 heavy (non-hydrogen) atoms. The maximum absolute atomic E-state index is 11.9. The van der Waals surface area contributed by atoms with Crippen molar-refractivity contribution < 1.29 is 9.32 Å². The standard InChI is InChI=1S/C18H30N6O2.HI/c1-22(2)17(25)13-19-18(20-15-5-3-4-6-15)24-10-8-23(9-11-24)14-16-7-12-26-21-16;/h7,12,15H,3-6,8-11,13-14H2,1-2H3,(H,19,20);1H. The van der Waals surface area contributed by atoms with Gasteiger partial charge >= 0.3 is 0 Å². The number of hydrogen-bond acceptors (Lipinski definition) is 5. The average molecular weight is 490 g/mol. The van der Waals surface area contributed by atoms with Crippen LogP contribution in [0.5, 0.6) is 0 Å². The van der Waals surface area contributed by atoms with E-state index in [0.29, 0.717) is 6.04 Å². The number of piperazine rings is 1. The molecule has 1 N–H and O–H groups in total. The summed E-state index contributed by atoms with van der Waals surface area (Å²) in [5.74, 6) is 0.911. The van der Waals surface area contributed by atoms with Gasteiger partial charge in [0.25, 0.3) is 0 Å². The number of guanidine groups is 1. The first-order valence-electron chi connectivity index (χ1n) is 9.49. The predicted octanol–water partition coefficient (Wildman–Crippen LogP) is 1.39. The molecule has 0 unspecified atom stereocenters. The number of carbonyl (C=O) groups excluding carboxylic acids is 1. The van der Waals surface area contributed by atoms with Crippen LogP contribution in [0.25, 0.3) is 0 Å². The number of rotatable bonds is 5. The molecule has 0 aromatic carbocycles. The zero-order chi connectivity index (χ0) is 18.4. The van der Waals surface area contributed by atoms with Crippen molar-refractivity contribution >= 4 is 35.8 Å². The van der Waals surface area contributed by atoms with Gasteiger partial charge in [0.1, 0.15) is 12.8 Å². The summed E-state index contributed by atoms with van der Waals surface area (Å²) < 4.78 is 4.91. The Kier molecular flexibility index (Phi) is 8.81. The smallest absolute Gasteiger partial charge is 0.243 e. The number of carbonyl (C=O) groups is 1. The summed E-state index contributed by atoms with van der Waals surface area (Å²) >= 11 is 0.